The van der Waals surface area contributed by atoms with Gasteiger partial charge in [-0.05, 0) is 44.0 Å². The normalized spacial score (nSPS) is 13.3. The minimum absolute atomic E-state index is 0.188. The fourth-order valence-electron chi connectivity index (χ4n) is 4.19. The molecule has 0 aliphatic rings. The SMILES string of the molecule is CC(C)(C)OC(=O)N[C@H](Cc1c[nH]c2ccccc12)C(=O)N[C@H](Cc1c[nH]c2ccccc12)C(N)=O. The number of para-hydroxylation sites is 2. The number of aromatic amines is 2. The molecular formula is C27H31N5O4. The van der Waals surface area contributed by atoms with Gasteiger partial charge in [0.1, 0.15) is 17.7 Å². The van der Waals surface area contributed by atoms with Gasteiger partial charge in [-0.3, -0.25) is 9.59 Å². The lowest BCUT2D eigenvalue weighted by molar-refractivity contribution is -0.128. The number of primary amides is 1. The van der Waals surface area contributed by atoms with Crippen molar-refractivity contribution in [3.63, 3.8) is 0 Å². The van der Waals surface area contributed by atoms with E-state index in [1.165, 1.54) is 0 Å². The number of H-pyrrole nitrogens is 2. The van der Waals surface area contributed by atoms with Crippen molar-refractivity contribution in [3.8, 4) is 0 Å². The van der Waals surface area contributed by atoms with Gasteiger partial charge in [0.15, 0.2) is 0 Å². The highest BCUT2D eigenvalue weighted by molar-refractivity contribution is 5.93. The van der Waals surface area contributed by atoms with Crippen LogP contribution >= 0.6 is 0 Å². The van der Waals surface area contributed by atoms with Crippen LogP contribution < -0.4 is 16.4 Å². The summed E-state index contributed by atoms with van der Waals surface area (Å²) in [6.45, 7) is 5.23. The zero-order valence-corrected chi connectivity index (χ0v) is 20.6. The Hall–Kier alpha value is -4.27. The second-order valence-corrected chi connectivity index (χ2v) is 9.79. The lowest BCUT2D eigenvalue weighted by Gasteiger charge is -2.24. The van der Waals surface area contributed by atoms with E-state index in [0.29, 0.717) is 0 Å². The van der Waals surface area contributed by atoms with Crippen LogP contribution in [0.3, 0.4) is 0 Å². The Morgan fingerprint density at radius 3 is 1.83 bits per heavy atom. The number of carbonyl (C=O) groups excluding carboxylic acids is 3. The molecule has 0 bridgehead atoms. The van der Waals surface area contributed by atoms with Crippen molar-refractivity contribution in [2.24, 2.45) is 5.73 Å². The van der Waals surface area contributed by atoms with Crippen molar-refractivity contribution in [1.82, 2.24) is 20.6 Å². The maximum atomic E-state index is 13.4. The van der Waals surface area contributed by atoms with Gasteiger partial charge >= 0.3 is 6.09 Å². The summed E-state index contributed by atoms with van der Waals surface area (Å²) < 4.78 is 5.38. The number of fused-ring (bicyclic) bond motifs is 2. The van der Waals surface area contributed by atoms with Crippen molar-refractivity contribution in [2.45, 2.75) is 51.3 Å². The predicted octanol–water partition coefficient (Wildman–Crippen LogP) is 3.30. The maximum Gasteiger partial charge on any atom is 0.408 e. The summed E-state index contributed by atoms with van der Waals surface area (Å²) in [5.41, 5.74) is 8.45. The number of aromatic nitrogens is 2. The van der Waals surface area contributed by atoms with E-state index in [1.54, 1.807) is 33.2 Å². The minimum atomic E-state index is -0.996. The molecule has 3 amide bonds. The van der Waals surface area contributed by atoms with Crippen molar-refractivity contribution >= 4 is 39.7 Å². The molecule has 9 heteroatoms. The first-order valence-corrected chi connectivity index (χ1v) is 11.8. The fraction of sp³-hybridized carbons (Fsp3) is 0.296. The molecule has 0 unspecified atom stereocenters. The number of amides is 3. The number of rotatable bonds is 8. The molecule has 0 saturated heterocycles. The standard InChI is InChI=1S/C27H31N5O4/c1-27(2,3)36-26(35)32-23(13-17-15-30-21-11-7-5-9-19(17)21)25(34)31-22(24(28)33)12-16-14-29-20-10-6-4-8-18(16)20/h4-11,14-15,22-23,29-30H,12-13H2,1-3H3,(H2,28,33)(H,31,34)(H,32,35)/t22-,23-/m1/s1. The van der Waals surface area contributed by atoms with Crippen molar-refractivity contribution in [2.75, 3.05) is 0 Å². The third kappa shape index (κ3) is 5.86. The van der Waals surface area contributed by atoms with E-state index in [4.69, 9.17) is 10.5 Å². The van der Waals surface area contributed by atoms with Gasteiger partial charge in [0.25, 0.3) is 0 Å². The van der Waals surface area contributed by atoms with Gasteiger partial charge in [-0.25, -0.2) is 4.79 Å². The zero-order chi connectivity index (χ0) is 25.9. The van der Waals surface area contributed by atoms with Gasteiger partial charge < -0.3 is 31.1 Å². The van der Waals surface area contributed by atoms with Gasteiger partial charge in [-0.15, -0.1) is 0 Å². The van der Waals surface area contributed by atoms with E-state index in [-0.39, 0.29) is 12.8 Å². The topological polar surface area (TPSA) is 142 Å². The first-order valence-electron chi connectivity index (χ1n) is 11.8. The molecule has 2 aromatic heterocycles. The van der Waals surface area contributed by atoms with Crippen molar-refractivity contribution < 1.29 is 19.1 Å². The van der Waals surface area contributed by atoms with Crippen LogP contribution in [0, 0.1) is 0 Å². The highest BCUT2D eigenvalue weighted by Crippen LogP contribution is 2.21. The summed E-state index contributed by atoms with van der Waals surface area (Å²) in [5.74, 6) is -1.20. The number of alkyl carbamates (subject to hydrolysis) is 1. The summed E-state index contributed by atoms with van der Waals surface area (Å²) in [7, 11) is 0. The molecule has 9 nitrogen and oxygen atoms in total. The lowest BCUT2D eigenvalue weighted by atomic mass is 10.0. The van der Waals surface area contributed by atoms with Crippen LogP contribution in [0.25, 0.3) is 21.8 Å². The van der Waals surface area contributed by atoms with Crippen LogP contribution in [0.1, 0.15) is 31.9 Å². The average Bonchev–Trinajstić information content (AvgIpc) is 3.41. The van der Waals surface area contributed by atoms with Crippen LogP contribution in [0.15, 0.2) is 60.9 Å². The summed E-state index contributed by atoms with van der Waals surface area (Å²) in [4.78, 5) is 44.6. The van der Waals surface area contributed by atoms with E-state index in [1.807, 2.05) is 48.5 Å². The number of benzene rings is 2. The minimum Gasteiger partial charge on any atom is -0.444 e. The van der Waals surface area contributed by atoms with E-state index in [9.17, 15) is 14.4 Å². The number of hydrogen-bond donors (Lipinski definition) is 5. The van der Waals surface area contributed by atoms with Crippen molar-refractivity contribution in [3.05, 3.63) is 72.1 Å². The Labute approximate surface area is 208 Å². The predicted molar refractivity (Wildman–Crippen MR) is 138 cm³/mol. The largest absolute Gasteiger partial charge is 0.444 e. The highest BCUT2D eigenvalue weighted by Gasteiger charge is 2.29. The van der Waals surface area contributed by atoms with Gasteiger partial charge in [0.2, 0.25) is 11.8 Å². The lowest BCUT2D eigenvalue weighted by Crippen LogP contribution is -2.54. The maximum absolute atomic E-state index is 13.4. The highest BCUT2D eigenvalue weighted by atomic mass is 16.6. The molecule has 188 valence electrons. The molecule has 2 heterocycles. The van der Waals surface area contributed by atoms with E-state index in [2.05, 4.69) is 20.6 Å². The molecule has 0 aliphatic heterocycles. The molecular weight excluding hydrogens is 458 g/mol. The third-order valence-electron chi connectivity index (χ3n) is 5.87. The van der Waals surface area contributed by atoms with Gasteiger partial charge in [-0.1, -0.05) is 36.4 Å². The second-order valence-electron chi connectivity index (χ2n) is 9.79. The molecule has 6 N–H and O–H groups in total. The Balaban J connectivity index is 1.56. The van der Waals surface area contributed by atoms with E-state index >= 15 is 0 Å². The number of carbonyl (C=O) groups is 3. The molecule has 2 aromatic carbocycles. The summed E-state index contributed by atoms with van der Waals surface area (Å²) in [6, 6.07) is 13.4. The molecule has 0 saturated carbocycles. The molecule has 0 fully saturated rings. The van der Waals surface area contributed by atoms with Crippen molar-refractivity contribution in [1.29, 1.82) is 0 Å². The van der Waals surface area contributed by atoms with Gasteiger partial charge in [0.05, 0.1) is 0 Å². The Bertz CT molecular complexity index is 1400. The molecule has 36 heavy (non-hydrogen) atoms. The van der Waals surface area contributed by atoms with Gasteiger partial charge in [0, 0.05) is 47.0 Å². The fourth-order valence-corrected chi connectivity index (χ4v) is 4.19. The summed E-state index contributed by atoms with van der Waals surface area (Å²) in [5, 5.41) is 7.29. The average molecular weight is 490 g/mol. The zero-order valence-electron chi connectivity index (χ0n) is 20.6. The molecule has 4 rings (SSSR count). The smallest absolute Gasteiger partial charge is 0.408 e. The molecule has 0 spiro atoms. The molecule has 4 aromatic rings. The number of nitrogens with one attached hydrogen (secondary N) is 4. The van der Waals surface area contributed by atoms with Crippen LogP contribution in [-0.4, -0.2) is 45.6 Å². The third-order valence-corrected chi connectivity index (χ3v) is 5.87. The quantitative estimate of drug-likeness (QED) is 0.259. The Morgan fingerprint density at radius 1 is 0.833 bits per heavy atom. The summed E-state index contributed by atoms with van der Waals surface area (Å²) >= 11 is 0. The number of nitrogens with two attached hydrogens (primary N) is 1. The van der Waals surface area contributed by atoms with Crippen LogP contribution in [0.5, 0.6) is 0 Å². The van der Waals surface area contributed by atoms with Crippen LogP contribution in [0.2, 0.25) is 0 Å². The number of hydrogen-bond acceptors (Lipinski definition) is 4. The Morgan fingerprint density at radius 2 is 1.33 bits per heavy atom. The second kappa shape index (κ2) is 10.2. The molecule has 0 radical (unpaired) electrons. The first-order chi connectivity index (χ1) is 17.1. The molecule has 2 atom stereocenters. The number of ether oxygens (including phenoxy) is 1. The monoisotopic (exact) mass is 489 g/mol. The van der Waals surface area contributed by atoms with E-state index in [0.717, 1.165) is 32.9 Å². The first kappa shape index (κ1) is 24.8. The molecule has 0 aliphatic carbocycles. The summed E-state index contributed by atoms with van der Waals surface area (Å²) in [6.07, 6.45) is 3.27. The van der Waals surface area contributed by atoms with E-state index < -0.39 is 35.6 Å². The van der Waals surface area contributed by atoms with Gasteiger partial charge in [-0.2, -0.15) is 0 Å². The van der Waals surface area contributed by atoms with Crippen LogP contribution in [-0.2, 0) is 27.2 Å². The van der Waals surface area contributed by atoms with Crippen LogP contribution in [0.4, 0.5) is 4.79 Å². The Kier molecular flexibility index (Phi) is 7.00.